The molecule has 0 atom stereocenters. The first-order valence-electron chi connectivity index (χ1n) is 5.55. The standard InChI is InChI=1S/C12H13BrN2O/c13-10-2-1-5-15-8-11(14-12(10)15)9-3-6-16-7-4-9/h1-2,5,8-9H,3-4,6-7H2. The highest BCUT2D eigenvalue weighted by Gasteiger charge is 2.19. The van der Waals surface area contributed by atoms with Crippen LogP contribution in [0.5, 0.6) is 0 Å². The van der Waals surface area contributed by atoms with Crippen LogP contribution in [0, 0.1) is 0 Å². The summed E-state index contributed by atoms with van der Waals surface area (Å²) in [5.41, 5.74) is 2.19. The minimum absolute atomic E-state index is 0.556. The van der Waals surface area contributed by atoms with Gasteiger partial charge in [0.2, 0.25) is 0 Å². The average molecular weight is 281 g/mol. The second-order valence-electron chi connectivity index (χ2n) is 4.14. The number of hydrogen-bond donors (Lipinski definition) is 0. The zero-order valence-corrected chi connectivity index (χ0v) is 10.5. The summed E-state index contributed by atoms with van der Waals surface area (Å²) in [5, 5.41) is 0. The first-order valence-corrected chi connectivity index (χ1v) is 6.35. The normalized spacial score (nSPS) is 18.1. The van der Waals surface area contributed by atoms with E-state index in [0.29, 0.717) is 5.92 Å². The van der Waals surface area contributed by atoms with Gasteiger partial charge in [0.15, 0.2) is 5.65 Å². The molecule has 2 aromatic rings. The number of rotatable bonds is 1. The fourth-order valence-corrected chi connectivity index (χ4v) is 2.63. The average Bonchev–Trinajstić information content (AvgIpc) is 2.76. The third-order valence-corrected chi connectivity index (χ3v) is 3.71. The molecule has 1 saturated heterocycles. The summed E-state index contributed by atoms with van der Waals surface area (Å²) in [6.45, 7) is 1.72. The van der Waals surface area contributed by atoms with E-state index >= 15 is 0 Å². The molecular weight excluding hydrogens is 268 g/mol. The Morgan fingerprint density at radius 1 is 1.38 bits per heavy atom. The number of imidazole rings is 1. The van der Waals surface area contributed by atoms with Gasteiger partial charge in [-0.25, -0.2) is 4.98 Å². The van der Waals surface area contributed by atoms with Gasteiger partial charge in [-0.15, -0.1) is 0 Å². The van der Waals surface area contributed by atoms with Crippen molar-refractivity contribution >= 4 is 21.6 Å². The summed E-state index contributed by atoms with van der Waals surface area (Å²) in [5.74, 6) is 0.556. The van der Waals surface area contributed by atoms with Gasteiger partial charge >= 0.3 is 0 Å². The van der Waals surface area contributed by atoms with Crippen molar-refractivity contribution in [3.8, 4) is 0 Å². The minimum atomic E-state index is 0.556. The van der Waals surface area contributed by atoms with Crippen LogP contribution in [0.25, 0.3) is 5.65 Å². The Labute approximate surface area is 103 Å². The Bertz CT molecular complexity index is 503. The van der Waals surface area contributed by atoms with Gasteiger partial charge in [-0.05, 0) is 40.9 Å². The minimum Gasteiger partial charge on any atom is -0.381 e. The van der Waals surface area contributed by atoms with Crippen molar-refractivity contribution in [2.45, 2.75) is 18.8 Å². The van der Waals surface area contributed by atoms with Crippen molar-refractivity contribution in [1.82, 2.24) is 9.38 Å². The molecule has 0 aliphatic carbocycles. The van der Waals surface area contributed by atoms with Gasteiger partial charge in [0.25, 0.3) is 0 Å². The number of nitrogens with zero attached hydrogens (tertiary/aromatic N) is 2. The van der Waals surface area contributed by atoms with Gasteiger partial charge in [-0.3, -0.25) is 0 Å². The third-order valence-electron chi connectivity index (χ3n) is 3.09. The predicted molar refractivity (Wildman–Crippen MR) is 65.7 cm³/mol. The van der Waals surface area contributed by atoms with Gasteiger partial charge < -0.3 is 9.14 Å². The van der Waals surface area contributed by atoms with Crippen LogP contribution in [0.2, 0.25) is 0 Å². The number of ether oxygens (including phenoxy) is 1. The molecule has 0 unspecified atom stereocenters. The molecule has 0 saturated carbocycles. The lowest BCUT2D eigenvalue weighted by Crippen LogP contribution is -2.14. The number of halogens is 1. The molecule has 84 valence electrons. The molecule has 1 aliphatic rings. The van der Waals surface area contributed by atoms with E-state index in [0.717, 1.165) is 36.2 Å². The molecule has 1 aliphatic heterocycles. The molecule has 0 spiro atoms. The van der Waals surface area contributed by atoms with Crippen molar-refractivity contribution < 1.29 is 4.74 Å². The van der Waals surface area contributed by atoms with Gasteiger partial charge in [0, 0.05) is 31.5 Å². The summed E-state index contributed by atoms with van der Waals surface area (Å²) in [7, 11) is 0. The first-order chi connectivity index (χ1) is 7.84. The monoisotopic (exact) mass is 280 g/mol. The molecule has 4 heteroatoms. The van der Waals surface area contributed by atoms with E-state index in [-0.39, 0.29) is 0 Å². The number of pyridine rings is 1. The Morgan fingerprint density at radius 3 is 2.94 bits per heavy atom. The fourth-order valence-electron chi connectivity index (χ4n) is 2.19. The fraction of sp³-hybridized carbons (Fsp3) is 0.417. The van der Waals surface area contributed by atoms with E-state index in [9.17, 15) is 0 Å². The van der Waals surface area contributed by atoms with Gasteiger partial charge in [-0.2, -0.15) is 0 Å². The van der Waals surface area contributed by atoms with E-state index in [1.165, 1.54) is 5.69 Å². The second-order valence-corrected chi connectivity index (χ2v) is 4.99. The van der Waals surface area contributed by atoms with Crippen LogP contribution >= 0.6 is 15.9 Å². The zero-order valence-electron chi connectivity index (χ0n) is 8.90. The van der Waals surface area contributed by atoms with Crippen molar-refractivity contribution in [1.29, 1.82) is 0 Å². The molecule has 3 nitrogen and oxygen atoms in total. The number of fused-ring (bicyclic) bond motifs is 1. The summed E-state index contributed by atoms with van der Waals surface area (Å²) in [6, 6.07) is 4.04. The summed E-state index contributed by atoms with van der Waals surface area (Å²) in [6.07, 6.45) is 6.34. The van der Waals surface area contributed by atoms with Crippen molar-refractivity contribution in [2.24, 2.45) is 0 Å². The highest BCUT2D eigenvalue weighted by Crippen LogP contribution is 2.27. The third kappa shape index (κ3) is 1.76. The van der Waals surface area contributed by atoms with Crippen molar-refractivity contribution in [3.63, 3.8) is 0 Å². The van der Waals surface area contributed by atoms with Crippen LogP contribution < -0.4 is 0 Å². The molecular formula is C12H13BrN2O. The van der Waals surface area contributed by atoms with E-state index in [1.807, 2.05) is 18.3 Å². The lowest BCUT2D eigenvalue weighted by atomic mass is 9.97. The quantitative estimate of drug-likeness (QED) is 0.803. The topological polar surface area (TPSA) is 26.5 Å². The number of hydrogen-bond acceptors (Lipinski definition) is 2. The molecule has 0 bridgehead atoms. The van der Waals surface area contributed by atoms with Gasteiger partial charge in [0.05, 0.1) is 10.2 Å². The Kier molecular flexibility index (Phi) is 2.69. The molecule has 0 aromatic carbocycles. The molecule has 1 fully saturated rings. The molecule has 16 heavy (non-hydrogen) atoms. The molecule has 0 amide bonds. The molecule has 0 N–H and O–H groups in total. The summed E-state index contributed by atoms with van der Waals surface area (Å²) in [4.78, 5) is 4.70. The van der Waals surface area contributed by atoms with Crippen LogP contribution in [0.1, 0.15) is 24.5 Å². The molecule has 3 heterocycles. The lowest BCUT2D eigenvalue weighted by molar-refractivity contribution is 0.0846. The Balaban J connectivity index is 2.01. The first kappa shape index (κ1) is 10.3. The number of aromatic nitrogens is 2. The second kappa shape index (κ2) is 4.18. The molecule has 2 aromatic heterocycles. The van der Waals surface area contributed by atoms with Crippen molar-refractivity contribution in [3.05, 3.63) is 34.7 Å². The van der Waals surface area contributed by atoms with E-state index < -0.39 is 0 Å². The SMILES string of the molecule is Brc1cccn2cc(C3CCOCC3)nc12. The smallest absolute Gasteiger partial charge is 0.151 e. The van der Waals surface area contributed by atoms with E-state index in [1.54, 1.807) is 0 Å². The Morgan fingerprint density at radius 2 is 2.19 bits per heavy atom. The zero-order chi connectivity index (χ0) is 11.0. The van der Waals surface area contributed by atoms with Crippen molar-refractivity contribution in [2.75, 3.05) is 13.2 Å². The lowest BCUT2D eigenvalue weighted by Gasteiger charge is -2.19. The summed E-state index contributed by atoms with van der Waals surface area (Å²) >= 11 is 3.53. The highest BCUT2D eigenvalue weighted by molar-refractivity contribution is 9.10. The Hall–Kier alpha value is -0.870. The van der Waals surface area contributed by atoms with Crippen LogP contribution in [0.3, 0.4) is 0 Å². The highest BCUT2D eigenvalue weighted by atomic mass is 79.9. The van der Waals surface area contributed by atoms with Crippen LogP contribution in [-0.2, 0) is 4.74 Å². The maximum atomic E-state index is 5.38. The van der Waals surface area contributed by atoms with Crippen LogP contribution in [0.4, 0.5) is 0 Å². The molecule has 0 radical (unpaired) electrons. The van der Waals surface area contributed by atoms with Crippen LogP contribution in [0.15, 0.2) is 29.0 Å². The van der Waals surface area contributed by atoms with Crippen LogP contribution in [-0.4, -0.2) is 22.6 Å². The maximum Gasteiger partial charge on any atom is 0.151 e. The van der Waals surface area contributed by atoms with E-state index in [4.69, 9.17) is 9.72 Å². The predicted octanol–water partition coefficient (Wildman–Crippen LogP) is 2.99. The largest absolute Gasteiger partial charge is 0.381 e. The maximum absolute atomic E-state index is 5.38. The van der Waals surface area contributed by atoms with E-state index in [2.05, 4.69) is 26.5 Å². The van der Waals surface area contributed by atoms with Gasteiger partial charge in [0.1, 0.15) is 0 Å². The van der Waals surface area contributed by atoms with Gasteiger partial charge in [-0.1, -0.05) is 0 Å². The summed E-state index contributed by atoms with van der Waals surface area (Å²) < 4.78 is 8.50. The molecule has 3 rings (SSSR count).